The second-order valence-corrected chi connectivity index (χ2v) is 5.04. The van der Waals surface area contributed by atoms with Gasteiger partial charge in [0.25, 0.3) is 0 Å². The van der Waals surface area contributed by atoms with Crippen LogP contribution in [0.5, 0.6) is 5.75 Å². The molecule has 0 atom stereocenters. The van der Waals surface area contributed by atoms with Gasteiger partial charge in [-0.15, -0.1) is 0 Å². The lowest BCUT2D eigenvalue weighted by Gasteiger charge is -2.04. The summed E-state index contributed by atoms with van der Waals surface area (Å²) in [4.78, 5) is 4.62. The van der Waals surface area contributed by atoms with Crippen LogP contribution in [0.25, 0.3) is 22.4 Å². The number of benzene rings is 2. The van der Waals surface area contributed by atoms with E-state index in [9.17, 15) is 0 Å². The molecule has 0 aliphatic carbocycles. The molecule has 104 valence electrons. The largest absolute Gasteiger partial charge is 0.479 e. The van der Waals surface area contributed by atoms with Crippen molar-refractivity contribution in [1.29, 1.82) is 5.26 Å². The number of aromatic nitrogens is 2. The molecule has 0 fully saturated rings. The fraction of sp³-hybridized carbons (Fsp3) is 0.125. The van der Waals surface area contributed by atoms with Crippen molar-refractivity contribution in [3.63, 3.8) is 0 Å². The van der Waals surface area contributed by atoms with Crippen LogP contribution >= 0.6 is 11.6 Å². The van der Waals surface area contributed by atoms with Crippen LogP contribution in [0.15, 0.2) is 42.5 Å². The molecule has 0 N–H and O–H groups in total. The topological polar surface area (TPSA) is 50.8 Å². The predicted molar refractivity (Wildman–Crippen MR) is 82.3 cm³/mol. The zero-order chi connectivity index (χ0) is 14.8. The van der Waals surface area contributed by atoms with Crippen molar-refractivity contribution < 1.29 is 4.74 Å². The van der Waals surface area contributed by atoms with Crippen LogP contribution < -0.4 is 4.74 Å². The van der Waals surface area contributed by atoms with Gasteiger partial charge in [-0.3, -0.25) is 0 Å². The summed E-state index contributed by atoms with van der Waals surface area (Å²) >= 11 is 6.00. The number of nitrogens with zero attached hydrogens (tertiary/aromatic N) is 3. The summed E-state index contributed by atoms with van der Waals surface area (Å²) in [7, 11) is 1.97. The van der Waals surface area contributed by atoms with E-state index < -0.39 is 0 Å². The van der Waals surface area contributed by atoms with Gasteiger partial charge in [0, 0.05) is 17.6 Å². The van der Waals surface area contributed by atoms with Crippen molar-refractivity contribution in [2.24, 2.45) is 7.05 Å². The molecule has 3 aromatic rings. The van der Waals surface area contributed by atoms with Crippen molar-refractivity contribution in [3.8, 4) is 23.2 Å². The predicted octanol–water partition coefficient (Wildman–Crippen LogP) is 3.80. The quantitative estimate of drug-likeness (QED) is 0.739. The molecule has 2 aromatic carbocycles. The molecule has 0 aliphatic heterocycles. The van der Waals surface area contributed by atoms with E-state index in [-0.39, 0.29) is 6.61 Å². The molecule has 0 radical (unpaired) electrons. The van der Waals surface area contributed by atoms with Gasteiger partial charge in [-0.25, -0.2) is 4.98 Å². The number of imidazole rings is 1. The molecule has 3 rings (SSSR count). The Balaban J connectivity index is 2.00. The number of fused-ring (bicyclic) bond motifs is 1. The second kappa shape index (κ2) is 5.47. The highest BCUT2D eigenvalue weighted by Gasteiger charge is 2.10. The molecule has 0 bridgehead atoms. The highest BCUT2D eigenvalue weighted by Crippen LogP contribution is 2.26. The maximum Gasteiger partial charge on any atom is 0.174 e. The van der Waals surface area contributed by atoms with Crippen LogP contribution in [0.4, 0.5) is 0 Å². The molecule has 1 aromatic heterocycles. The first kappa shape index (κ1) is 13.5. The highest BCUT2D eigenvalue weighted by molar-refractivity contribution is 6.31. The first-order valence-corrected chi connectivity index (χ1v) is 6.79. The number of ether oxygens (including phenoxy) is 1. The van der Waals surface area contributed by atoms with Gasteiger partial charge in [-0.05, 0) is 42.5 Å². The van der Waals surface area contributed by atoms with Gasteiger partial charge in [-0.1, -0.05) is 11.6 Å². The molecule has 0 spiro atoms. The van der Waals surface area contributed by atoms with Crippen LogP contribution in [-0.2, 0) is 7.05 Å². The second-order valence-electron chi connectivity index (χ2n) is 4.60. The summed E-state index contributed by atoms with van der Waals surface area (Å²) < 4.78 is 7.27. The average molecular weight is 298 g/mol. The Morgan fingerprint density at radius 2 is 2.00 bits per heavy atom. The molecule has 5 heteroatoms. The number of nitriles is 1. The number of hydrogen-bond donors (Lipinski definition) is 0. The van der Waals surface area contributed by atoms with Crippen LogP contribution in [0.3, 0.4) is 0 Å². The fourth-order valence-electron chi connectivity index (χ4n) is 2.25. The minimum absolute atomic E-state index is 0.0458. The number of aryl methyl sites for hydroxylation is 1. The van der Waals surface area contributed by atoms with Crippen LogP contribution in [0.1, 0.15) is 0 Å². The van der Waals surface area contributed by atoms with Crippen LogP contribution in [0.2, 0.25) is 5.02 Å². The Kier molecular flexibility index (Phi) is 3.51. The molecule has 4 nitrogen and oxygen atoms in total. The third kappa shape index (κ3) is 2.56. The number of hydrogen-bond acceptors (Lipinski definition) is 3. The van der Waals surface area contributed by atoms with E-state index in [1.54, 1.807) is 0 Å². The van der Waals surface area contributed by atoms with Crippen LogP contribution in [0, 0.1) is 11.3 Å². The highest BCUT2D eigenvalue weighted by atomic mass is 35.5. The molecular weight excluding hydrogens is 286 g/mol. The van der Waals surface area contributed by atoms with Gasteiger partial charge in [-0.2, -0.15) is 5.26 Å². The number of halogens is 1. The number of rotatable bonds is 3. The Bertz CT molecular complexity index is 831. The monoisotopic (exact) mass is 297 g/mol. The lowest BCUT2D eigenvalue weighted by atomic mass is 10.2. The Hall–Kier alpha value is -2.51. The lowest BCUT2D eigenvalue weighted by molar-refractivity contribution is 0.368. The summed E-state index contributed by atoms with van der Waals surface area (Å²) in [5, 5.41) is 9.17. The van der Waals surface area contributed by atoms with Gasteiger partial charge in [0.1, 0.15) is 17.6 Å². The van der Waals surface area contributed by atoms with Gasteiger partial charge >= 0.3 is 0 Å². The van der Waals surface area contributed by atoms with E-state index in [0.29, 0.717) is 10.8 Å². The normalized spacial score (nSPS) is 10.5. The summed E-state index contributed by atoms with van der Waals surface area (Å²) in [5.74, 6) is 1.53. The van der Waals surface area contributed by atoms with Gasteiger partial charge < -0.3 is 9.30 Å². The van der Waals surface area contributed by atoms with E-state index in [4.69, 9.17) is 21.6 Å². The minimum atomic E-state index is 0.0458. The Morgan fingerprint density at radius 3 is 2.71 bits per heavy atom. The average Bonchev–Trinajstić information content (AvgIpc) is 2.82. The first-order chi connectivity index (χ1) is 10.2. The van der Waals surface area contributed by atoms with Gasteiger partial charge in [0.05, 0.1) is 11.0 Å². The Morgan fingerprint density at radius 1 is 1.24 bits per heavy atom. The molecule has 0 saturated heterocycles. The summed E-state index contributed by atoms with van der Waals surface area (Å²) in [6.45, 7) is 0.0458. The molecule has 0 aliphatic rings. The minimum Gasteiger partial charge on any atom is -0.479 e. The molecule has 0 unspecified atom stereocenters. The molecule has 0 saturated carbocycles. The summed E-state index contributed by atoms with van der Waals surface area (Å²) in [6.07, 6.45) is 0. The SMILES string of the molecule is Cn1c(-c2ccc(OCC#N)cc2)nc2cc(Cl)ccc21. The zero-order valence-electron chi connectivity index (χ0n) is 11.4. The molecule has 1 heterocycles. The summed E-state index contributed by atoms with van der Waals surface area (Å²) in [6, 6.07) is 15.1. The fourth-order valence-corrected chi connectivity index (χ4v) is 2.41. The van der Waals surface area contributed by atoms with E-state index in [2.05, 4.69) is 4.98 Å². The first-order valence-electron chi connectivity index (χ1n) is 6.41. The zero-order valence-corrected chi connectivity index (χ0v) is 12.1. The summed E-state index contributed by atoms with van der Waals surface area (Å²) in [5.41, 5.74) is 2.87. The maximum atomic E-state index is 8.50. The van der Waals surface area contributed by atoms with Gasteiger partial charge in [0.2, 0.25) is 0 Å². The standard InChI is InChI=1S/C16H12ClN3O/c1-20-15-7-4-12(17)10-14(15)19-16(20)11-2-5-13(6-3-11)21-9-8-18/h2-7,10H,9H2,1H3. The van der Waals surface area contributed by atoms with E-state index in [1.165, 1.54) is 0 Å². The van der Waals surface area contributed by atoms with E-state index in [1.807, 2.05) is 60.1 Å². The lowest BCUT2D eigenvalue weighted by Crippen LogP contribution is -1.94. The molecule has 21 heavy (non-hydrogen) atoms. The van der Waals surface area contributed by atoms with Crippen LogP contribution in [-0.4, -0.2) is 16.2 Å². The van der Waals surface area contributed by atoms with Crippen molar-refractivity contribution in [1.82, 2.24) is 9.55 Å². The molecule has 0 amide bonds. The van der Waals surface area contributed by atoms with Crippen molar-refractivity contribution >= 4 is 22.6 Å². The van der Waals surface area contributed by atoms with E-state index in [0.717, 1.165) is 22.4 Å². The Labute approximate surface area is 127 Å². The van der Waals surface area contributed by atoms with Gasteiger partial charge in [0.15, 0.2) is 6.61 Å². The van der Waals surface area contributed by atoms with Crippen molar-refractivity contribution in [2.45, 2.75) is 0 Å². The smallest absolute Gasteiger partial charge is 0.174 e. The van der Waals surface area contributed by atoms with E-state index >= 15 is 0 Å². The third-order valence-corrected chi connectivity index (χ3v) is 3.49. The van der Waals surface area contributed by atoms with Crippen molar-refractivity contribution in [3.05, 3.63) is 47.5 Å². The molecular formula is C16H12ClN3O. The third-order valence-electron chi connectivity index (χ3n) is 3.26. The maximum absolute atomic E-state index is 8.50. The van der Waals surface area contributed by atoms with Crippen molar-refractivity contribution in [2.75, 3.05) is 6.61 Å².